The Morgan fingerprint density at radius 1 is 1.12 bits per heavy atom. The van der Waals surface area contributed by atoms with Gasteiger partial charge in [0.25, 0.3) is 5.91 Å². The van der Waals surface area contributed by atoms with Crippen molar-refractivity contribution in [2.45, 2.75) is 19.1 Å². The van der Waals surface area contributed by atoms with Gasteiger partial charge in [-0.3, -0.25) is 4.79 Å². The third kappa shape index (κ3) is 5.09. The van der Waals surface area contributed by atoms with Crippen LogP contribution in [0.1, 0.15) is 18.1 Å². The number of halogens is 2. The van der Waals surface area contributed by atoms with Gasteiger partial charge in [0.15, 0.2) is 12.2 Å². The second kappa shape index (κ2) is 7.85. The molecule has 0 aliphatic carbocycles. The van der Waals surface area contributed by atoms with Gasteiger partial charge < -0.3 is 15.2 Å². The van der Waals surface area contributed by atoms with E-state index in [4.69, 9.17) is 4.74 Å². The van der Waals surface area contributed by atoms with Gasteiger partial charge in [0.2, 0.25) is 0 Å². The van der Waals surface area contributed by atoms with Crippen molar-refractivity contribution in [3.63, 3.8) is 0 Å². The van der Waals surface area contributed by atoms with E-state index in [0.717, 1.165) is 13.0 Å². The summed E-state index contributed by atoms with van der Waals surface area (Å²) in [6.45, 7) is 0.684. The van der Waals surface area contributed by atoms with Crippen molar-refractivity contribution >= 4 is 11.9 Å². The number of nitrogens with one attached hydrogen (secondary N) is 1. The van der Waals surface area contributed by atoms with Crippen LogP contribution in [0.3, 0.4) is 0 Å². The number of aliphatic hydroxyl groups is 1. The minimum Gasteiger partial charge on any atom is -0.453 e. The molecule has 2 rings (SSSR count). The zero-order chi connectivity index (χ0) is 18.4. The fraction of sp³-hybridized carbons (Fsp3) is 0.222. The van der Waals surface area contributed by atoms with Crippen LogP contribution >= 0.6 is 0 Å². The molecule has 7 heteroatoms. The van der Waals surface area contributed by atoms with Crippen molar-refractivity contribution in [2.75, 3.05) is 6.61 Å². The summed E-state index contributed by atoms with van der Waals surface area (Å²) in [6, 6.07) is 10.5. The Morgan fingerprint density at radius 3 is 2.44 bits per heavy atom. The molecule has 0 aromatic heterocycles. The first-order chi connectivity index (χ1) is 11.8. The Morgan fingerprint density at radius 2 is 1.80 bits per heavy atom. The van der Waals surface area contributed by atoms with Gasteiger partial charge >= 0.3 is 5.97 Å². The number of rotatable bonds is 6. The molecule has 2 aromatic carbocycles. The van der Waals surface area contributed by atoms with Gasteiger partial charge in [-0.15, -0.1) is 0 Å². The van der Waals surface area contributed by atoms with Crippen LogP contribution in [0.4, 0.5) is 8.78 Å². The van der Waals surface area contributed by atoms with Crippen LogP contribution in [-0.4, -0.2) is 23.6 Å². The number of esters is 1. The highest BCUT2D eigenvalue weighted by atomic mass is 19.1. The third-order valence-corrected chi connectivity index (χ3v) is 3.52. The fourth-order valence-corrected chi connectivity index (χ4v) is 2.03. The van der Waals surface area contributed by atoms with Crippen LogP contribution in [-0.2, 0) is 26.5 Å². The lowest BCUT2D eigenvalue weighted by molar-refractivity contribution is -0.167. The maximum absolute atomic E-state index is 13.2. The van der Waals surface area contributed by atoms with E-state index in [-0.39, 0.29) is 17.9 Å². The van der Waals surface area contributed by atoms with Crippen LogP contribution < -0.4 is 5.32 Å². The van der Waals surface area contributed by atoms with E-state index in [1.54, 1.807) is 0 Å². The van der Waals surface area contributed by atoms with Crippen LogP contribution in [0.5, 0.6) is 0 Å². The van der Waals surface area contributed by atoms with Gasteiger partial charge in [-0.2, -0.15) is 0 Å². The monoisotopic (exact) mass is 349 g/mol. The first kappa shape index (κ1) is 18.5. The zero-order valence-corrected chi connectivity index (χ0v) is 13.5. The van der Waals surface area contributed by atoms with Crippen molar-refractivity contribution < 1.29 is 28.2 Å². The summed E-state index contributed by atoms with van der Waals surface area (Å²) in [6.07, 6.45) is 0. The molecule has 0 aliphatic heterocycles. The van der Waals surface area contributed by atoms with Crippen molar-refractivity contribution in [1.29, 1.82) is 0 Å². The molecule has 0 saturated carbocycles. The molecule has 2 aromatic rings. The lowest BCUT2D eigenvalue weighted by Crippen LogP contribution is -2.37. The van der Waals surface area contributed by atoms with Crippen molar-refractivity contribution in [2.24, 2.45) is 0 Å². The summed E-state index contributed by atoms with van der Waals surface area (Å²) in [5, 5.41) is 12.7. The highest BCUT2D eigenvalue weighted by molar-refractivity contribution is 5.84. The van der Waals surface area contributed by atoms with E-state index < -0.39 is 29.9 Å². The Kier molecular flexibility index (Phi) is 5.82. The minimum absolute atomic E-state index is 0.0178. The second-order valence-electron chi connectivity index (χ2n) is 5.56. The molecule has 0 fully saturated rings. The van der Waals surface area contributed by atoms with Gasteiger partial charge in [0.1, 0.15) is 11.6 Å². The molecule has 132 valence electrons. The topological polar surface area (TPSA) is 75.6 Å². The summed E-state index contributed by atoms with van der Waals surface area (Å²) >= 11 is 0. The number of carbonyl (C=O) groups is 2. The quantitative estimate of drug-likeness (QED) is 0.783. The Balaban J connectivity index is 1.86. The lowest BCUT2D eigenvalue weighted by atomic mass is 9.96. The van der Waals surface area contributed by atoms with Gasteiger partial charge in [-0.25, -0.2) is 13.6 Å². The van der Waals surface area contributed by atoms with Crippen LogP contribution in [0.2, 0.25) is 0 Å². The van der Waals surface area contributed by atoms with Crippen LogP contribution in [0, 0.1) is 11.6 Å². The van der Waals surface area contributed by atoms with E-state index in [1.165, 1.54) is 42.5 Å². The first-order valence-electron chi connectivity index (χ1n) is 7.46. The lowest BCUT2D eigenvalue weighted by Gasteiger charge is -2.21. The molecule has 0 heterocycles. The number of hydrogen-bond acceptors (Lipinski definition) is 4. The molecule has 1 atom stereocenters. The van der Waals surface area contributed by atoms with Crippen LogP contribution in [0.15, 0.2) is 48.5 Å². The zero-order valence-electron chi connectivity index (χ0n) is 13.5. The normalized spacial score (nSPS) is 13.0. The summed E-state index contributed by atoms with van der Waals surface area (Å²) < 4.78 is 30.8. The van der Waals surface area contributed by atoms with E-state index in [9.17, 15) is 23.5 Å². The molecule has 0 aliphatic rings. The predicted molar refractivity (Wildman–Crippen MR) is 85.2 cm³/mol. The van der Waals surface area contributed by atoms with Gasteiger partial charge in [-0.05, 0) is 42.3 Å². The average Bonchev–Trinajstić information content (AvgIpc) is 2.59. The summed E-state index contributed by atoms with van der Waals surface area (Å²) in [4.78, 5) is 23.7. The molecular weight excluding hydrogens is 332 g/mol. The van der Waals surface area contributed by atoms with E-state index >= 15 is 0 Å². The predicted octanol–water partition coefficient (Wildman–Crippen LogP) is 2.03. The minimum atomic E-state index is -2.08. The molecule has 0 saturated heterocycles. The standard InChI is InChI=1S/C18H17F2NO4/c1-18(24,13-3-2-4-15(20)9-13)17(23)25-11-16(22)21-10-12-5-7-14(19)8-6-12/h2-9,24H,10-11H2,1H3,(H,21,22)/t18-/m1/s1. The number of amides is 1. The van der Waals surface area contributed by atoms with E-state index in [1.807, 2.05) is 0 Å². The highest BCUT2D eigenvalue weighted by Gasteiger charge is 2.34. The summed E-state index contributed by atoms with van der Waals surface area (Å²) in [7, 11) is 0. The number of ether oxygens (including phenoxy) is 1. The van der Waals surface area contributed by atoms with Gasteiger partial charge in [-0.1, -0.05) is 24.3 Å². The molecule has 0 spiro atoms. The smallest absolute Gasteiger partial charge is 0.343 e. The molecule has 2 N–H and O–H groups in total. The second-order valence-corrected chi connectivity index (χ2v) is 5.56. The number of carbonyl (C=O) groups excluding carboxylic acids is 2. The molecule has 0 bridgehead atoms. The van der Waals surface area contributed by atoms with Crippen LogP contribution in [0.25, 0.3) is 0 Å². The van der Waals surface area contributed by atoms with E-state index in [2.05, 4.69) is 5.32 Å². The molecule has 5 nitrogen and oxygen atoms in total. The Bertz CT molecular complexity index is 760. The maximum atomic E-state index is 13.2. The largest absolute Gasteiger partial charge is 0.453 e. The molecule has 0 unspecified atom stereocenters. The number of benzene rings is 2. The SMILES string of the molecule is C[C@](O)(C(=O)OCC(=O)NCc1ccc(F)cc1)c1cccc(F)c1. The van der Waals surface area contributed by atoms with Gasteiger partial charge in [0, 0.05) is 6.54 Å². The first-order valence-corrected chi connectivity index (χ1v) is 7.46. The highest BCUT2D eigenvalue weighted by Crippen LogP contribution is 2.22. The van der Waals surface area contributed by atoms with Crippen molar-refractivity contribution in [1.82, 2.24) is 5.32 Å². The summed E-state index contributed by atoms with van der Waals surface area (Å²) in [5.41, 5.74) is -1.39. The summed E-state index contributed by atoms with van der Waals surface area (Å²) in [5.74, 6) is -2.66. The molecule has 1 amide bonds. The van der Waals surface area contributed by atoms with E-state index in [0.29, 0.717) is 5.56 Å². The Hall–Kier alpha value is -2.80. The third-order valence-electron chi connectivity index (χ3n) is 3.52. The Labute approximate surface area is 143 Å². The molecular formula is C18H17F2NO4. The molecule has 25 heavy (non-hydrogen) atoms. The van der Waals surface area contributed by atoms with Crippen molar-refractivity contribution in [3.05, 3.63) is 71.3 Å². The number of hydrogen-bond donors (Lipinski definition) is 2. The fourth-order valence-electron chi connectivity index (χ4n) is 2.03. The maximum Gasteiger partial charge on any atom is 0.343 e. The molecule has 0 radical (unpaired) electrons. The average molecular weight is 349 g/mol. The van der Waals surface area contributed by atoms with Gasteiger partial charge in [0.05, 0.1) is 0 Å². The van der Waals surface area contributed by atoms with Crippen molar-refractivity contribution in [3.8, 4) is 0 Å².